The summed E-state index contributed by atoms with van der Waals surface area (Å²) in [7, 11) is 0. The fraction of sp³-hybridized carbons (Fsp3) is 0.385. The predicted octanol–water partition coefficient (Wildman–Crippen LogP) is 0.953. The Morgan fingerprint density at radius 2 is 1.89 bits per heavy atom. The molecule has 98 valence electrons. The van der Waals surface area contributed by atoms with Gasteiger partial charge in [-0.05, 0) is 6.92 Å². The van der Waals surface area contributed by atoms with Crippen LogP contribution >= 0.6 is 0 Å². The first kappa shape index (κ1) is 14.5. The summed E-state index contributed by atoms with van der Waals surface area (Å²) in [5.41, 5.74) is 0.337. The third kappa shape index (κ3) is 3.97. The van der Waals surface area contributed by atoms with Crippen LogP contribution in [0.25, 0.3) is 0 Å². The molecule has 0 unspecified atom stereocenters. The number of amides is 1. The van der Waals surface area contributed by atoms with Gasteiger partial charge in [-0.2, -0.15) is 10.5 Å². The fourth-order valence-corrected chi connectivity index (χ4v) is 1.60. The normalized spacial score (nSPS) is 9.42. The van der Waals surface area contributed by atoms with Crippen molar-refractivity contribution in [1.82, 2.24) is 9.88 Å². The summed E-state index contributed by atoms with van der Waals surface area (Å²) in [5, 5.41) is 17.1. The van der Waals surface area contributed by atoms with E-state index in [2.05, 4.69) is 4.98 Å². The van der Waals surface area contributed by atoms with E-state index in [0.717, 1.165) is 0 Å². The standard InChI is InChI=1S/C13H14N4O2/c1-10-8-12(18)11(9-16-10)13(19)17(6-2-4-14)7-3-5-15/h8-9H,2-3,6-7H2,1H3,(H,16,18). The number of aromatic nitrogens is 1. The molecule has 0 saturated carbocycles. The summed E-state index contributed by atoms with van der Waals surface area (Å²) < 4.78 is 0. The van der Waals surface area contributed by atoms with E-state index in [0.29, 0.717) is 5.69 Å². The lowest BCUT2D eigenvalue weighted by atomic mass is 10.2. The van der Waals surface area contributed by atoms with Gasteiger partial charge in [0, 0.05) is 31.0 Å². The van der Waals surface area contributed by atoms with Crippen LogP contribution in [-0.4, -0.2) is 28.9 Å². The molecule has 0 spiro atoms. The fourth-order valence-electron chi connectivity index (χ4n) is 1.60. The quantitative estimate of drug-likeness (QED) is 0.849. The number of hydrogen-bond acceptors (Lipinski definition) is 4. The Labute approximate surface area is 110 Å². The molecule has 0 aliphatic carbocycles. The minimum absolute atomic E-state index is 0.0291. The number of nitriles is 2. The molecule has 0 radical (unpaired) electrons. The lowest BCUT2D eigenvalue weighted by Crippen LogP contribution is -2.35. The second-order valence-electron chi connectivity index (χ2n) is 4.00. The molecule has 0 bridgehead atoms. The van der Waals surface area contributed by atoms with E-state index in [1.54, 1.807) is 6.92 Å². The Hall–Kier alpha value is -2.60. The van der Waals surface area contributed by atoms with Gasteiger partial charge in [-0.1, -0.05) is 0 Å². The summed E-state index contributed by atoms with van der Waals surface area (Å²) in [6.45, 7) is 2.15. The van der Waals surface area contributed by atoms with Gasteiger partial charge < -0.3 is 9.88 Å². The molecule has 1 aromatic rings. The molecule has 0 aliphatic heterocycles. The number of pyridine rings is 1. The molecule has 0 aliphatic rings. The van der Waals surface area contributed by atoms with Gasteiger partial charge in [0.15, 0.2) is 5.43 Å². The molecular weight excluding hydrogens is 244 g/mol. The minimum atomic E-state index is -0.452. The van der Waals surface area contributed by atoms with Crippen LogP contribution in [-0.2, 0) is 0 Å². The zero-order valence-electron chi connectivity index (χ0n) is 10.6. The summed E-state index contributed by atoms with van der Waals surface area (Å²) in [6.07, 6.45) is 1.70. The smallest absolute Gasteiger partial charge is 0.259 e. The topological polar surface area (TPSA) is 101 Å². The average molecular weight is 258 g/mol. The number of H-pyrrole nitrogens is 1. The third-order valence-electron chi connectivity index (χ3n) is 2.56. The van der Waals surface area contributed by atoms with Crippen molar-refractivity contribution in [1.29, 1.82) is 10.5 Å². The first-order valence-corrected chi connectivity index (χ1v) is 5.82. The number of nitrogens with zero attached hydrogens (tertiary/aromatic N) is 3. The number of aryl methyl sites for hydroxylation is 1. The van der Waals surface area contributed by atoms with E-state index in [1.807, 2.05) is 12.1 Å². The number of rotatable bonds is 5. The summed E-state index contributed by atoms with van der Waals surface area (Å²) in [5.74, 6) is -0.452. The van der Waals surface area contributed by atoms with Crippen molar-refractivity contribution in [3.63, 3.8) is 0 Å². The van der Waals surface area contributed by atoms with Gasteiger partial charge in [-0.25, -0.2) is 0 Å². The molecule has 0 fully saturated rings. The first-order chi connectivity index (χ1) is 9.10. The molecule has 1 heterocycles. The number of hydrogen-bond donors (Lipinski definition) is 1. The van der Waals surface area contributed by atoms with Crippen molar-refractivity contribution in [2.24, 2.45) is 0 Å². The SMILES string of the molecule is Cc1cc(=O)c(C(=O)N(CCC#N)CCC#N)c[nH]1. The summed E-state index contributed by atoms with van der Waals surface area (Å²) in [4.78, 5) is 28.1. The lowest BCUT2D eigenvalue weighted by Gasteiger charge is -2.19. The van der Waals surface area contributed by atoms with Crippen LogP contribution in [0.1, 0.15) is 28.9 Å². The van der Waals surface area contributed by atoms with E-state index in [4.69, 9.17) is 10.5 Å². The number of aromatic amines is 1. The van der Waals surface area contributed by atoms with Crippen LogP contribution in [0.5, 0.6) is 0 Å². The zero-order chi connectivity index (χ0) is 14.3. The Balaban J connectivity index is 2.95. The Morgan fingerprint density at radius 3 is 2.37 bits per heavy atom. The molecule has 1 N–H and O–H groups in total. The van der Waals surface area contributed by atoms with Gasteiger partial charge in [-0.3, -0.25) is 9.59 Å². The zero-order valence-corrected chi connectivity index (χ0v) is 10.6. The lowest BCUT2D eigenvalue weighted by molar-refractivity contribution is 0.0761. The number of nitrogens with one attached hydrogen (secondary N) is 1. The van der Waals surface area contributed by atoms with Crippen LogP contribution in [0.3, 0.4) is 0 Å². The molecule has 1 amide bonds. The highest BCUT2D eigenvalue weighted by molar-refractivity contribution is 5.93. The van der Waals surface area contributed by atoms with E-state index < -0.39 is 5.91 Å². The third-order valence-corrected chi connectivity index (χ3v) is 2.56. The van der Waals surface area contributed by atoms with Crippen LogP contribution in [0, 0.1) is 29.6 Å². The highest BCUT2D eigenvalue weighted by atomic mass is 16.2. The average Bonchev–Trinajstić information content (AvgIpc) is 2.38. The van der Waals surface area contributed by atoms with E-state index in [-0.39, 0.29) is 36.9 Å². The van der Waals surface area contributed by atoms with Crippen molar-refractivity contribution in [2.75, 3.05) is 13.1 Å². The molecule has 19 heavy (non-hydrogen) atoms. The largest absolute Gasteiger partial charge is 0.364 e. The highest BCUT2D eigenvalue weighted by Crippen LogP contribution is 2.02. The highest BCUT2D eigenvalue weighted by Gasteiger charge is 2.18. The minimum Gasteiger partial charge on any atom is -0.364 e. The van der Waals surface area contributed by atoms with E-state index in [9.17, 15) is 9.59 Å². The van der Waals surface area contributed by atoms with Gasteiger partial charge >= 0.3 is 0 Å². The van der Waals surface area contributed by atoms with Gasteiger partial charge in [0.25, 0.3) is 5.91 Å². The maximum atomic E-state index is 12.2. The maximum Gasteiger partial charge on any atom is 0.259 e. The number of carbonyl (C=O) groups excluding carboxylic acids is 1. The van der Waals surface area contributed by atoms with Crippen molar-refractivity contribution >= 4 is 5.91 Å². The first-order valence-electron chi connectivity index (χ1n) is 5.82. The van der Waals surface area contributed by atoms with E-state index in [1.165, 1.54) is 17.2 Å². The Kier molecular flexibility index (Phi) is 5.31. The van der Waals surface area contributed by atoms with Crippen molar-refractivity contribution in [3.8, 4) is 12.1 Å². The molecule has 0 aromatic carbocycles. The predicted molar refractivity (Wildman–Crippen MR) is 68.2 cm³/mol. The van der Waals surface area contributed by atoms with Crippen molar-refractivity contribution in [2.45, 2.75) is 19.8 Å². The second kappa shape index (κ2) is 6.97. The molecule has 1 rings (SSSR count). The van der Waals surface area contributed by atoms with Gasteiger partial charge in [0.1, 0.15) is 5.56 Å². The molecule has 6 nitrogen and oxygen atoms in total. The van der Waals surface area contributed by atoms with E-state index >= 15 is 0 Å². The second-order valence-corrected chi connectivity index (χ2v) is 4.00. The Bertz CT molecular complexity index is 574. The summed E-state index contributed by atoms with van der Waals surface area (Å²) >= 11 is 0. The van der Waals surface area contributed by atoms with Crippen LogP contribution in [0.2, 0.25) is 0 Å². The number of carbonyl (C=O) groups is 1. The molecule has 0 atom stereocenters. The van der Waals surface area contributed by atoms with Crippen LogP contribution in [0.15, 0.2) is 17.1 Å². The van der Waals surface area contributed by atoms with Gasteiger partial charge in [0.2, 0.25) is 0 Å². The Morgan fingerprint density at radius 1 is 1.32 bits per heavy atom. The molecule has 6 heteroatoms. The van der Waals surface area contributed by atoms with Crippen LogP contribution in [0.4, 0.5) is 0 Å². The molecule has 1 aromatic heterocycles. The van der Waals surface area contributed by atoms with Crippen LogP contribution < -0.4 is 5.43 Å². The van der Waals surface area contributed by atoms with Gasteiger partial charge in [-0.15, -0.1) is 0 Å². The molecule has 0 saturated heterocycles. The van der Waals surface area contributed by atoms with Crippen molar-refractivity contribution < 1.29 is 4.79 Å². The monoisotopic (exact) mass is 258 g/mol. The van der Waals surface area contributed by atoms with Gasteiger partial charge in [0.05, 0.1) is 25.0 Å². The molecular formula is C13H14N4O2. The van der Waals surface area contributed by atoms with Crippen molar-refractivity contribution in [3.05, 3.63) is 33.7 Å². The summed E-state index contributed by atoms with van der Waals surface area (Å²) in [6, 6.07) is 5.23. The maximum absolute atomic E-state index is 12.2.